The van der Waals surface area contributed by atoms with Crippen LogP contribution in [0.2, 0.25) is 0 Å². The van der Waals surface area contributed by atoms with E-state index in [2.05, 4.69) is 20.9 Å². The Bertz CT molecular complexity index is 677. The number of hydrogen-bond acceptors (Lipinski definition) is 4. The number of carbonyl (C=O) groups is 2. The van der Waals surface area contributed by atoms with E-state index in [0.29, 0.717) is 23.7 Å². The number of hydrogen-bond donors (Lipinski definition) is 3. The maximum absolute atomic E-state index is 11.8. The van der Waals surface area contributed by atoms with E-state index < -0.39 is 6.03 Å². The number of rotatable bonds is 7. The van der Waals surface area contributed by atoms with Gasteiger partial charge in [-0.05, 0) is 30.7 Å². The fourth-order valence-electron chi connectivity index (χ4n) is 1.86. The highest BCUT2D eigenvalue weighted by Gasteiger charge is 2.06. The minimum atomic E-state index is -0.469. The molecule has 0 aliphatic rings. The first kappa shape index (κ1) is 17.3. The summed E-state index contributed by atoms with van der Waals surface area (Å²) < 4.78 is 5.50. The third-order valence-corrected chi connectivity index (χ3v) is 2.92. The molecule has 1 aromatic carbocycles. The maximum Gasteiger partial charge on any atom is 0.319 e. The number of amides is 3. The zero-order valence-electron chi connectivity index (χ0n) is 13.4. The molecule has 0 saturated carbocycles. The molecule has 7 heteroatoms. The van der Waals surface area contributed by atoms with E-state index in [1.54, 1.807) is 36.5 Å². The minimum absolute atomic E-state index is 0.146. The van der Waals surface area contributed by atoms with E-state index in [4.69, 9.17) is 4.74 Å². The van der Waals surface area contributed by atoms with Gasteiger partial charge >= 0.3 is 6.03 Å². The Hall–Kier alpha value is -3.09. The van der Waals surface area contributed by atoms with Crippen LogP contribution in [-0.4, -0.2) is 30.1 Å². The number of carbonyl (C=O) groups excluding carboxylic acids is 2. The van der Waals surface area contributed by atoms with Crippen molar-refractivity contribution >= 4 is 23.3 Å². The minimum Gasteiger partial charge on any atom is -0.494 e. The number of nitrogens with one attached hydrogen (secondary N) is 3. The Morgan fingerprint density at radius 3 is 2.71 bits per heavy atom. The van der Waals surface area contributed by atoms with Gasteiger partial charge in [-0.25, -0.2) is 4.79 Å². The molecule has 0 unspecified atom stereocenters. The normalized spacial score (nSPS) is 9.88. The lowest BCUT2D eigenvalue weighted by molar-refractivity contribution is -0.115. The predicted molar refractivity (Wildman–Crippen MR) is 92.1 cm³/mol. The van der Waals surface area contributed by atoms with Gasteiger partial charge in [0.2, 0.25) is 5.91 Å². The average molecular weight is 328 g/mol. The van der Waals surface area contributed by atoms with Crippen LogP contribution in [0.25, 0.3) is 0 Å². The van der Waals surface area contributed by atoms with Crippen molar-refractivity contribution in [2.75, 3.05) is 23.8 Å². The Kier molecular flexibility index (Phi) is 6.58. The highest BCUT2D eigenvalue weighted by Crippen LogP contribution is 2.17. The van der Waals surface area contributed by atoms with Gasteiger partial charge in [0.15, 0.2) is 0 Å². The topological polar surface area (TPSA) is 92.4 Å². The van der Waals surface area contributed by atoms with Crippen LogP contribution < -0.4 is 20.7 Å². The number of aromatic nitrogens is 1. The van der Waals surface area contributed by atoms with Gasteiger partial charge in [0.05, 0.1) is 25.0 Å². The van der Waals surface area contributed by atoms with Gasteiger partial charge in [0.25, 0.3) is 0 Å². The zero-order chi connectivity index (χ0) is 17.2. The van der Waals surface area contributed by atoms with E-state index in [1.807, 2.05) is 13.0 Å². The lowest BCUT2D eigenvalue weighted by Crippen LogP contribution is -2.35. The second-order valence-electron chi connectivity index (χ2n) is 4.97. The number of anilines is 2. The molecule has 3 amide bonds. The van der Waals surface area contributed by atoms with Gasteiger partial charge in [-0.2, -0.15) is 0 Å². The van der Waals surface area contributed by atoms with Gasteiger partial charge in [-0.3, -0.25) is 9.78 Å². The Morgan fingerprint density at radius 2 is 1.96 bits per heavy atom. The van der Waals surface area contributed by atoms with Gasteiger partial charge in [-0.1, -0.05) is 13.0 Å². The molecular weight excluding hydrogens is 308 g/mol. The van der Waals surface area contributed by atoms with Crippen molar-refractivity contribution in [1.82, 2.24) is 10.3 Å². The molecular formula is C17H20N4O3. The lowest BCUT2D eigenvalue weighted by Gasteiger charge is -2.10. The van der Waals surface area contributed by atoms with Crippen molar-refractivity contribution in [2.45, 2.75) is 13.3 Å². The molecule has 0 saturated heterocycles. The largest absolute Gasteiger partial charge is 0.494 e. The molecule has 126 valence electrons. The van der Waals surface area contributed by atoms with E-state index in [-0.39, 0.29) is 12.5 Å². The van der Waals surface area contributed by atoms with Crippen LogP contribution in [-0.2, 0) is 4.79 Å². The van der Waals surface area contributed by atoms with E-state index in [0.717, 1.165) is 6.42 Å². The first-order chi connectivity index (χ1) is 11.7. The van der Waals surface area contributed by atoms with Crippen LogP contribution in [0.5, 0.6) is 5.75 Å². The summed E-state index contributed by atoms with van der Waals surface area (Å²) in [6.45, 7) is 2.49. The first-order valence-electron chi connectivity index (χ1n) is 7.65. The van der Waals surface area contributed by atoms with Crippen LogP contribution in [0.1, 0.15) is 13.3 Å². The molecule has 0 aliphatic heterocycles. The third-order valence-electron chi connectivity index (χ3n) is 2.92. The molecule has 0 fully saturated rings. The van der Waals surface area contributed by atoms with Crippen LogP contribution in [0, 0.1) is 0 Å². The van der Waals surface area contributed by atoms with E-state index in [1.165, 1.54) is 6.20 Å². The molecule has 1 aromatic heterocycles. The molecule has 0 aliphatic carbocycles. The summed E-state index contributed by atoms with van der Waals surface area (Å²) in [6.07, 6.45) is 4.05. The highest BCUT2D eigenvalue weighted by molar-refractivity contribution is 5.96. The SMILES string of the molecule is CCCOc1cccc(NC(=O)NCC(=O)Nc2cccnc2)c1. The standard InChI is InChI=1S/C17H20N4O3/c1-2-9-24-15-7-3-5-13(10-15)21-17(23)19-12-16(22)20-14-6-4-8-18-11-14/h3-8,10-11H,2,9,12H2,1H3,(H,20,22)(H2,19,21,23). The van der Waals surface area contributed by atoms with E-state index >= 15 is 0 Å². The highest BCUT2D eigenvalue weighted by atomic mass is 16.5. The van der Waals surface area contributed by atoms with Crippen molar-refractivity contribution in [3.63, 3.8) is 0 Å². The zero-order valence-corrected chi connectivity index (χ0v) is 13.4. The third kappa shape index (κ3) is 5.96. The number of benzene rings is 1. The summed E-state index contributed by atoms with van der Waals surface area (Å²) in [4.78, 5) is 27.5. The second-order valence-corrected chi connectivity index (χ2v) is 4.97. The summed E-state index contributed by atoms with van der Waals surface area (Å²) in [5, 5.41) is 7.78. The maximum atomic E-state index is 11.8. The summed E-state index contributed by atoms with van der Waals surface area (Å²) in [7, 11) is 0. The molecule has 3 N–H and O–H groups in total. The number of nitrogens with zero attached hydrogens (tertiary/aromatic N) is 1. The lowest BCUT2D eigenvalue weighted by atomic mass is 10.3. The fraction of sp³-hybridized carbons (Fsp3) is 0.235. The number of ether oxygens (including phenoxy) is 1. The molecule has 1 heterocycles. The van der Waals surface area contributed by atoms with Gasteiger partial charge in [-0.15, -0.1) is 0 Å². The fourth-order valence-corrected chi connectivity index (χ4v) is 1.86. The van der Waals surface area contributed by atoms with Gasteiger partial charge in [0, 0.05) is 18.0 Å². The van der Waals surface area contributed by atoms with E-state index in [9.17, 15) is 9.59 Å². The molecule has 2 aromatic rings. The van der Waals surface area contributed by atoms with Gasteiger partial charge < -0.3 is 20.7 Å². The van der Waals surface area contributed by atoms with Crippen molar-refractivity contribution < 1.29 is 14.3 Å². The molecule has 2 rings (SSSR count). The number of urea groups is 1. The smallest absolute Gasteiger partial charge is 0.319 e. The molecule has 0 spiro atoms. The molecule has 0 bridgehead atoms. The van der Waals surface area contributed by atoms with Crippen LogP contribution in [0.3, 0.4) is 0 Å². The summed E-state index contributed by atoms with van der Waals surface area (Å²) in [6, 6.07) is 10.0. The monoisotopic (exact) mass is 328 g/mol. The summed E-state index contributed by atoms with van der Waals surface area (Å²) in [5.74, 6) is 0.349. The van der Waals surface area contributed by atoms with Crippen molar-refractivity contribution in [1.29, 1.82) is 0 Å². The first-order valence-corrected chi connectivity index (χ1v) is 7.65. The average Bonchev–Trinajstić information content (AvgIpc) is 2.59. The van der Waals surface area contributed by atoms with Crippen molar-refractivity contribution in [2.24, 2.45) is 0 Å². The van der Waals surface area contributed by atoms with Crippen molar-refractivity contribution in [3.05, 3.63) is 48.8 Å². The summed E-state index contributed by atoms with van der Waals surface area (Å²) >= 11 is 0. The summed E-state index contributed by atoms with van der Waals surface area (Å²) in [5.41, 5.74) is 1.17. The van der Waals surface area contributed by atoms with Crippen LogP contribution in [0.4, 0.5) is 16.2 Å². The molecule has 7 nitrogen and oxygen atoms in total. The molecule has 0 atom stereocenters. The van der Waals surface area contributed by atoms with Crippen LogP contribution in [0.15, 0.2) is 48.8 Å². The second kappa shape index (κ2) is 9.14. The molecule has 0 radical (unpaired) electrons. The Labute approximate surface area is 140 Å². The number of pyridine rings is 1. The predicted octanol–water partition coefficient (Wildman–Crippen LogP) is 2.63. The van der Waals surface area contributed by atoms with Crippen molar-refractivity contribution in [3.8, 4) is 5.75 Å². The Morgan fingerprint density at radius 1 is 1.12 bits per heavy atom. The van der Waals surface area contributed by atoms with Crippen LogP contribution >= 0.6 is 0 Å². The quantitative estimate of drug-likeness (QED) is 0.728. The Balaban J connectivity index is 1.77. The van der Waals surface area contributed by atoms with Gasteiger partial charge in [0.1, 0.15) is 5.75 Å². The molecule has 24 heavy (non-hydrogen) atoms.